The van der Waals surface area contributed by atoms with Crippen LogP contribution in [0.1, 0.15) is 20.3 Å². The van der Waals surface area contributed by atoms with Crippen molar-refractivity contribution in [3.63, 3.8) is 0 Å². The van der Waals surface area contributed by atoms with E-state index >= 15 is 0 Å². The summed E-state index contributed by atoms with van der Waals surface area (Å²) in [7, 11) is 0. The molecule has 0 aliphatic rings. The van der Waals surface area contributed by atoms with Crippen LogP contribution < -0.4 is 20.1 Å². The van der Waals surface area contributed by atoms with Gasteiger partial charge in [0, 0.05) is 17.4 Å². The Morgan fingerprint density at radius 1 is 0.958 bits per heavy atom. The third kappa shape index (κ3) is 5.83. The number of hydrogen-bond donors (Lipinski definition) is 2. The van der Waals surface area contributed by atoms with Gasteiger partial charge in [-0.1, -0.05) is 13.0 Å². The Hall–Kier alpha value is -2.69. The highest BCUT2D eigenvalue weighted by Crippen LogP contribution is 2.18. The SMILES string of the molecule is CCCOc1cccc(NC(=O)CNc2ccc(OCC)cc2)c1. The van der Waals surface area contributed by atoms with Crippen LogP contribution in [0.5, 0.6) is 11.5 Å². The maximum absolute atomic E-state index is 12.0. The van der Waals surface area contributed by atoms with Gasteiger partial charge in [-0.15, -0.1) is 0 Å². The summed E-state index contributed by atoms with van der Waals surface area (Å²) in [6.07, 6.45) is 0.947. The summed E-state index contributed by atoms with van der Waals surface area (Å²) >= 11 is 0. The first-order valence-corrected chi connectivity index (χ1v) is 8.20. The number of benzene rings is 2. The van der Waals surface area contributed by atoms with Crippen LogP contribution in [0.2, 0.25) is 0 Å². The molecule has 1 amide bonds. The molecule has 0 aromatic heterocycles. The van der Waals surface area contributed by atoms with Gasteiger partial charge in [-0.2, -0.15) is 0 Å². The van der Waals surface area contributed by atoms with E-state index in [2.05, 4.69) is 17.6 Å². The molecule has 24 heavy (non-hydrogen) atoms. The van der Waals surface area contributed by atoms with Crippen molar-refractivity contribution in [2.45, 2.75) is 20.3 Å². The fourth-order valence-electron chi connectivity index (χ4n) is 2.11. The van der Waals surface area contributed by atoms with Crippen LogP contribution in [0.15, 0.2) is 48.5 Å². The lowest BCUT2D eigenvalue weighted by atomic mass is 10.3. The predicted molar refractivity (Wildman–Crippen MR) is 97.0 cm³/mol. The van der Waals surface area contributed by atoms with E-state index in [1.54, 1.807) is 0 Å². The third-order valence-electron chi connectivity index (χ3n) is 3.21. The summed E-state index contributed by atoms with van der Waals surface area (Å²) in [5, 5.41) is 5.94. The molecule has 0 aliphatic heterocycles. The quantitative estimate of drug-likeness (QED) is 0.732. The number of ether oxygens (including phenoxy) is 2. The molecule has 128 valence electrons. The van der Waals surface area contributed by atoms with E-state index in [1.807, 2.05) is 55.5 Å². The first kappa shape index (κ1) is 17.7. The normalized spacial score (nSPS) is 10.1. The van der Waals surface area contributed by atoms with Crippen LogP contribution in [-0.2, 0) is 4.79 Å². The highest BCUT2D eigenvalue weighted by molar-refractivity contribution is 5.93. The van der Waals surface area contributed by atoms with Crippen molar-refractivity contribution in [3.05, 3.63) is 48.5 Å². The minimum Gasteiger partial charge on any atom is -0.494 e. The zero-order valence-corrected chi connectivity index (χ0v) is 14.2. The average Bonchev–Trinajstić information content (AvgIpc) is 2.60. The number of carbonyl (C=O) groups is 1. The molecule has 0 heterocycles. The van der Waals surface area contributed by atoms with Crippen molar-refractivity contribution in [2.24, 2.45) is 0 Å². The summed E-state index contributed by atoms with van der Waals surface area (Å²) < 4.78 is 10.9. The average molecular weight is 328 g/mol. The minimum atomic E-state index is -0.114. The topological polar surface area (TPSA) is 59.6 Å². The molecule has 0 atom stereocenters. The summed E-state index contributed by atoms with van der Waals surface area (Å²) in [4.78, 5) is 12.0. The van der Waals surface area contributed by atoms with Gasteiger partial charge in [-0.3, -0.25) is 4.79 Å². The van der Waals surface area contributed by atoms with Gasteiger partial charge in [-0.25, -0.2) is 0 Å². The third-order valence-corrected chi connectivity index (χ3v) is 3.21. The lowest BCUT2D eigenvalue weighted by Gasteiger charge is -2.10. The molecule has 0 unspecified atom stereocenters. The Bertz CT molecular complexity index is 641. The molecule has 0 aliphatic carbocycles. The lowest BCUT2D eigenvalue weighted by molar-refractivity contribution is -0.114. The highest BCUT2D eigenvalue weighted by atomic mass is 16.5. The van der Waals surface area contributed by atoms with E-state index in [-0.39, 0.29) is 12.5 Å². The molecule has 0 radical (unpaired) electrons. The van der Waals surface area contributed by atoms with Gasteiger partial charge < -0.3 is 20.1 Å². The van der Waals surface area contributed by atoms with E-state index in [0.717, 1.165) is 29.3 Å². The number of carbonyl (C=O) groups excluding carboxylic acids is 1. The molecule has 5 nitrogen and oxygen atoms in total. The second-order valence-corrected chi connectivity index (χ2v) is 5.24. The van der Waals surface area contributed by atoms with Gasteiger partial charge in [0.2, 0.25) is 5.91 Å². The van der Waals surface area contributed by atoms with Crippen LogP contribution >= 0.6 is 0 Å². The Balaban J connectivity index is 1.82. The fraction of sp³-hybridized carbons (Fsp3) is 0.316. The summed E-state index contributed by atoms with van der Waals surface area (Å²) in [6, 6.07) is 14.9. The van der Waals surface area contributed by atoms with Crippen LogP contribution in [-0.4, -0.2) is 25.7 Å². The second kappa shape index (κ2) is 9.45. The molecular weight excluding hydrogens is 304 g/mol. The van der Waals surface area contributed by atoms with E-state index < -0.39 is 0 Å². The first-order chi connectivity index (χ1) is 11.7. The molecule has 2 aromatic carbocycles. The van der Waals surface area contributed by atoms with E-state index in [0.29, 0.717) is 13.2 Å². The number of nitrogens with one attached hydrogen (secondary N) is 2. The van der Waals surface area contributed by atoms with Crippen molar-refractivity contribution in [1.29, 1.82) is 0 Å². The smallest absolute Gasteiger partial charge is 0.243 e. The lowest BCUT2D eigenvalue weighted by Crippen LogP contribution is -2.21. The molecule has 5 heteroatoms. The van der Waals surface area contributed by atoms with Gasteiger partial charge in [0.15, 0.2) is 0 Å². The molecule has 0 fully saturated rings. The monoisotopic (exact) mass is 328 g/mol. The second-order valence-electron chi connectivity index (χ2n) is 5.24. The summed E-state index contributed by atoms with van der Waals surface area (Å²) in [5.74, 6) is 1.46. The molecule has 0 spiro atoms. The van der Waals surface area contributed by atoms with Crippen LogP contribution in [0, 0.1) is 0 Å². The van der Waals surface area contributed by atoms with Gasteiger partial charge >= 0.3 is 0 Å². The zero-order valence-electron chi connectivity index (χ0n) is 14.2. The van der Waals surface area contributed by atoms with Crippen molar-refractivity contribution in [2.75, 3.05) is 30.4 Å². The van der Waals surface area contributed by atoms with Gasteiger partial charge in [0.05, 0.1) is 19.8 Å². The molecule has 2 aromatic rings. The van der Waals surface area contributed by atoms with Crippen LogP contribution in [0.4, 0.5) is 11.4 Å². The standard InChI is InChI=1S/C19H24N2O3/c1-3-12-24-18-7-5-6-16(13-18)21-19(22)14-20-15-8-10-17(11-9-15)23-4-2/h5-11,13,20H,3-4,12,14H2,1-2H3,(H,21,22). The largest absolute Gasteiger partial charge is 0.494 e. The zero-order chi connectivity index (χ0) is 17.2. The van der Waals surface area contributed by atoms with Gasteiger partial charge in [-0.05, 0) is 49.7 Å². The Kier molecular flexibility index (Phi) is 6.95. The number of rotatable bonds is 9. The summed E-state index contributed by atoms with van der Waals surface area (Å²) in [5.41, 5.74) is 1.59. The molecule has 0 saturated heterocycles. The van der Waals surface area contributed by atoms with Crippen molar-refractivity contribution in [1.82, 2.24) is 0 Å². The Morgan fingerprint density at radius 2 is 1.75 bits per heavy atom. The van der Waals surface area contributed by atoms with E-state index in [1.165, 1.54) is 0 Å². The molecule has 0 saturated carbocycles. The number of anilines is 2. The van der Waals surface area contributed by atoms with Crippen LogP contribution in [0.25, 0.3) is 0 Å². The highest BCUT2D eigenvalue weighted by Gasteiger charge is 2.04. The molecule has 2 rings (SSSR count). The predicted octanol–water partition coefficient (Wildman–Crippen LogP) is 3.92. The molecule has 2 N–H and O–H groups in total. The number of amides is 1. The van der Waals surface area contributed by atoms with Crippen LogP contribution in [0.3, 0.4) is 0 Å². The van der Waals surface area contributed by atoms with Gasteiger partial charge in [0.1, 0.15) is 11.5 Å². The van der Waals surface area contributed by atoms with Crippen molar-refractivity contribution in [3.8, 4) is 11.5 Å². The number of hydrogen-bond acceptors (Lipinski definition) is 4. The van der Waals surface area contributed by atoms with Gasteiger partial charge in [0.25, 0.3) is 0 Å². The molecule has 0 bridgehead atoms. The maximum Gasteiger partial charge on any atom is 0.243 e. The fourth-order valence-corrected chi connectivity index (χ4v) is 2.11. The first-order valence-electron chi connectivity index (χ1n) is 8.20. The maximum atomic E-state index is 12.0. The summed E-state index contributed by atoms with van der Waals surface area (Å²) in [6.45, 7) is 5.48. The van der Waals surface area contributed by atoms with E-state index in [9.17, 15) is 4.79 Å². The Labute approximate surface area is 143 Å². The minimum absolute atomic E-state index is 0.114. The van der Waals surface area contributed by atoms with Crippen molar-refractivity contribution < 1.29 is 14.3 Å². The van der Waals surface area contributed by atoms with Crippen molar-refractivity contribution >= 4 is 17.3 Å². The van der Waals surface area contributed by atoms with E-state index in [4.69, 9.17) is 9.47 Å². The molecular formula is C19H24N2O3. The Morgan fingerprint density at radius 3 is 2.46 bits per heavy atom.